The largest absolute Gasteiger partial charge is 0.341 e. The quantitative estimate of drug-likeness (QED) is 0.802. The number of hydrogen-bond acceptors (Lipinski definition) is 2. The number of hydrogen-bond donors (Lipinski definition) is 1. The van der Waals surface area contributed by atoms with Gasteiger partial charge in [-0.15, -0.1) is 0 Å². The molecule has 1 aromatic heterocycles. The Morgan fingerprint density at radius 1 is 1.50 bits per heavy atom. The predicted octanol–water partition coefficient (Wildman–Crippen LogP) is 2.04. The average molecular weight is 239 g/mol. The lowest BCUT2D eigenvalue weighted by Crippen LogP contribution is -2.33. The van der Waals surface area contributed by atoms with Crippen molar-refractivity contribution in [3.63, 3.8) is 0 Å². The molecule has 0 saturated carbocycles. The molecule has 2 rings (SSSR count). The minimum atomic E-state index is -0.199. The Kier molecular flexibility index (Phi) is 3.14. The molecule has 0 bridgehead atoms. The van der Waals surface area contributed by atoms with Crippen molar-refractivity contribution in [1.82, 2.24) is 14.5 Å². The molecule has 1 aliphatic rings. The summed E-state index contributed by atoms with van der Waals surface area (Å²) in [7, 11) is 0. The van der Waals surface area contributed by atoms with E-state index in [1.54, 1.807) is 0 Å². The van der Waals surface area contributed by atoms with E-state index in [9.17, 15) is 4.79 Å². The third-order valence-electron chi connectivity index (χ3n) is 3.06. The summed E-state index contributed by atoms with van der Waals surface area (Å²) in [4.78, 5) is 17.1. The molecule has 0 aliphatic carbocycles. The number of rotatable bonds is 2. The van der Waals surface area contributed by atoms with Crippen molar-refractivity contribution in [3.8, 4) is 0 Å². The number of aromatic nitrogens is 2. The fourth-order valence-electron chi connectivity index (χ4n) is 2.14. The van der Waals surface area contributed by atoms with E-state index in [1.807, 2.05) is 29.5 Å². The first-order valence-electron chi connectivity index (χ1n) is 5.66. The Morgan fingerprint density at radius 3 is 2.62 bits per heavy atom. The van der Waals surface area contributed by atoms with Crippen LogP contribution in [0.25, 0.3) is 0 Å². The van der Waals surface area contributed by atoms with Gasteiger partial charge in [0.05, 0.1) is 0 Å². The Bertz CT molecular complexity index is 442. The maximum atomic E-state index is 12.2. The van der Waals surface area contributed by atoms with Crippen LogP contribution in [0, 0.1) is 11.7 Å². The molecule has 1 saturated heterocycles. The summed E-state index contributed by atoms with van der Waals surface area (Å²) in [6.07, 6.45) is 4.15. The summed E-state index contributed by atoms with van der Waals surface area (Å²) in [6, 6.07) is -0.199. The monoisotopic (exact) mass is 239 g/mol. The topological polar surface area (TPSA) is 41.0 Å². The molecule has 1 atom stereocenters. The summed E-state index contributed by atoms with van der Waals surface area (Å²) < 4.78 is 2.46. The van der Waals surface area contributed by atoms with Crippen LogP contribution < -0.4 is 0 Å². The number of aromatic amines is 1. The summed E-state index contributed by atoms with van der Waals surface area (Å²) in [5, 5.41) is 0. The van der Waals surface area contributed by atoms with E-state index in [4.69, 9.17) is 12.2 Å². The van der Waals surface area contributed by atoms with E-state index in [0.717, 1.165) is 31.6 Å². The second-order valence-electron chi connectivity index (χ2n) is 4.36. The minimum absolute atomic E-state index is 0.174. The zero-order valence-corrected chi connectivity index (χ0v) is 10.5. The molecule has 1 N–H and O–H groups in total. The second-order valence-corrected chi connectivity index (χ2v) is 4.74. The maximum Gasteiger partial charge on any atom is 0.245 e. The van der Waals surface area contributed by atoms with Crippen molar-refractivity contribution in [1.29, 1.82) is 0 Å². The van der Waals surface area contributed by atoms with Gasteiger partial charge in [-0.2, -0.15) is 0 Å². The molecule has 2 heterocycles. The van der Waals surface area contributed by atoms with Crippen LogP contribution in [0.2, 0.25) is 0 Å². The summed E-state index contributed by atoms with van der Waals surface area (Å²) in [5.41, 5.74) is 0.992. The first-order chi connectivity index (χ1) is 7.59. The number of carbonyl (C=O) groups excluding carboxylic acids is 1. The number of amides is 1. The van der Waals surface area contributed by atoms with Gasteiger partial charge in [-0.25, -0.2) is 0 Å². The van der Waals surface area contributed by atoms with Crippen LogP contribution in [0.4, 0.5) is 0 Å². The van der Waals surface area contributed by atoms with Gasteiger partial charge in [-0.3, -0.25) is 4.79 Å². The molecule has 0 radical (unpaired) electrons. The maximum absolute atomic E-state index is 12.2. The van der Waals surface area contributed by atoms with Crippen molar-refractivity contribution in [2.24, 2.45) is 0 Å². The molecular formula is C11H17N3OS. The van der Waals surface area contributed by atoms with Crippen LogP contribution in [-0.2, 0) is 4.79 Å². The van der Waals surface area contributed by atoms with Crippen LogP contribution in [0.1, 0.15) is 31.5 Å². The van der Waals surface area contributed by atoms with E-state index in [0.29, 0.717) is 4.77 Å². The van der Waals surface area contributed by atoms with Crippen LogP contribution in [0.15, 0.2) is 6.20 Å². The van der Waals surface area contributed by atoms with E-state index in [1.165, 1.54) is 0 Å². The number of H-pyrrole nitrogens is 1. The zero-order valence-electron chi connectivity index (χ0n) is 9.69. The van der Waals surface area contributed by atoms with Gasteiger partial charge in [-0.05, 0) is 38.9 Å². The van der Waals surface area contributed by atoms with Crippen molar-refractivity contribution < 1.29 is 4.79 Å². The third kappa shape index (κ3) is 2.04. The van der Waals surface area contributed by atoms with Crippen LogP contribution in [0.3, 0.4) is 0 Å². The van der Waals surface area contributed by atoms with Gasteiger partial charge in [0.25, 0.3) is 0 Å². The summed E-state index contributed by atoms with van der Waals surface area (Å²) in [6.45, 7) is 5.63. The minimum Gasteiger partial charge on any atom is -0.341 e. The smallest absolute Gasteiger partial charge is 0.245 e. The van der Waals surface area contributed by atoms with Gasteiger partial charge < -0.3 is 14.5 Å². The Balaban J connectivity index is 2.18. The van der Waals surface area contributed by atoms with Crippen molar-refractivity contribution in [3.05, 3.63) is 16.7 Å². The molecule has 0 spiro atoms. The zero-order chi connectivity index (χ0) is 11.7. The second kappa shape index (κ2) is 4.41. The highest BCUT2D eigenvalue weighted by atomic mass is 32.1. The van der Waals surface area contributed by atoms with Crippen molar-refractivity contribution in [2.75, 3.05) is 13.1 Å². The number of nitrogens with zero attached hydrogens (tertiary/aromatic N) is 2. The van der Waals surface area contributed by atoms with Crippen LogP contribution in [-0.4, -0.2) is 33.4 Å². The van der Waals surface area contributed by atoms with E-state index in [-0.39, 0.29) is 11.9 Å². The van der Waals surface area contributed by atoms with Gasteiger partial charge in [-0.1, -0.05) is 0 Å². The third-order valence-corrected chi connectivity index (χ3v) is 3.38. The molecule has 1 fully saturated rings. The van der Waals surface area contributed by atoms with Gasteiger partial charge in [0, 0.05) is 25.0 Å². The Labute approximate surface area is 100 Å². The molecule has 88 valence electrons. The lowest BCUT2D eigenvalue weighted by Gasteiger charge is -2.20. The normalized spacial score (nSPS) is 17.8. The molecule has 4 nitrogen and oxygen atoms in total. The van der Waals surface area contributed by atoms with Gasteiger partial charge in [0.15, 0.2) is 4.77 Å². The predicted molar refractivity (Wildman–Crippen MR) is 64.9 cm³/mol. The number of nitrogens with one attached hydrogen (secondary N) is 1. The highest BCUT2D eigenvalue weighted by Crippen LogP contribution is 2.16. The lowest BCUT2D eigenvalue weighted by atomic mass is 10.3. The van der Waals surface area contributed by atoms with Crippen LogP contribution in [0.5, 0.6) is 0 Å². The Morgan fingerprint density at radius 2 is 2.12 bits per heavy atom. The molecule has 1 unspecified atom stereocenters. The first-order valence-corrected chi connectivity index (χ1v) is 6.07. The van der Waals surface area contributed by atoms with Gasteiger partial charge >= 0.3 is 0 Å². The molecular weight excluding hydrogens is 222 g/mol. The lowest BCUT2D eigenvalue weighted by molar-refractivity contribution is -0.133. The molecule has 5 heteroatoms. The van der Waals surface area contributed by atoms with E-state index >= 15 is 0 Å². The molecule has 16 heavy (non-hydrogen) atoms. The van der Waals surface area contributed by atoms with E-state index in [2.05, 4.69) is 4.98 Å². The Hall–Kier alpha value is -1.10. The standard InChI is InChI=1S/C11H17N3OS/c1-8-7-14(11(16)12-8)9(2)10(15)13-5-3-4-6-13/h7,9H,3-6H2,1-2H3,(H,12,16). The number of imidazole rings is 1. The highest BCUT2D eigenvalue weighted by molar-refractivity contribution is 7.71. The SMILES string of the molecule is Cc1cn(C(C)C(=O)N2CCCC2)c(=S)[nH]1. The first kappa shape index (κ1) is 11.4. The highest BCUT2D eigenvalue weighted by Gasteiger charge is 2.24. The number of carbonyl (C=O) groups is 1. The van der Waals surface area contributed by atoms with E-state index < -0.39 is 0 Å². The summed E-state index contributed by atoms with van der Waals surface area (Å²) in [5.74, 6) is 0.174. The molecule has 1 amide bonds. The summed E-state index contributed by atoms with van der Waals surface area (Å²) >= 11 is 5.18. The fraction of sp³-hybridized carbons (Fsp3) is 0.636. The van der Waals surface area contributed by atoms with Crippen molar-refractivity contribution >= 4 is 18.1 Å². The molecule has 0 aromatic carbocycles. The number of likely N-dealkylation sites (tertiary alicyclic amines) is 1. The van der Waals surface area contributed by atoms with Crippen molar-refractivity contribution in [2.45, 2.75) is 32.7 Å². The fourth-order valence-corrected chi connectivity index (χ4v) is 2.51. The average Bonchev–Trinajstić information content (AvgIpc) is 2.85. The number of aryl methyl sites for hydroxylation is 1. The molecule has 1 aliphatic heterocycles. The molecule has 1 aromatic rings. The van der Waals surface area contributed by atoms with Gasteiger partial charge in [0.2, 0.25) is 5.91 Å². The van der Waals surface area contributed by atoms with Crippen LogP contribution >= 0.6 is 12.2 Å². The van der Waals surface area contributed by atoms with Gasteiger partial charge in [0.1, 0.15) is 6.04 Å².